The fourth-order valence-electron chi connectivity index (χ4n) is 9.69. The molecule has 1 heterocycles. The van der Waals surface area contributed by atoms with Gasteiger partial charge in [0, 0.05) is 33.1 Å². The zero-order chi connectivity index (χ0) is 42.4. The molecule has 0 N–H and O–H groups in total. The molecule has 0 atom stereocenters. The van der Waals surface area contributed by atoms with Gasteiger partial charge in [0.05, 0.1) is 22.4 Å². The fraction of sp³-hybridized carbons (Fsp3) is 0. The molecule has 2 nitrogen and oxygen atoms in total. The Kier molecular flexibility index (Phi) is 9.20. The van der Waals surface area contributed by atoms with Crippen LogP contribution in [0.15, 0.2) is 255 Å². The zero-order valence-electron chi connectivity index (χ0n) is 35.1. The Morgan fingerprint density at radius 1 is 0.266 bits per heavy atom. The van der Waals surface area contributed by atoms with E-state index in [9.17, 15) is 0 Å². The summed E-state index contributed by atoms with van der Waals surface area (Å²) in [7, 11) is 0. The van der Waals surface area contributed by atoms with Crippen LogP contribution in [-0.4, -0.2) is 4.57 Å². The molecular weight excluding hydrogens is 773 g/mol. The highest BCUT2D eigenvalue weighted by atomic mass is 15.1. The zero-order valence-corrected chi connectivity index (χ0v) is 35.1. The molecule has 0 spiro atoms. The predicted molar refractivity (Wildman–Crippen MR) is 272 cm³/mol. The average Bonchev–Trinajstić information content (AvgIpc) is 3.71. The van der Waals surface area contributed by atoms with Crippen molar-refractivity contribution in [3.63, 3.8) is 0 Å². The molecule has 64 heavy (non-hydrogen) atoms. The number of anilines is 3. The smallest absolute Gasteiger partial charge is 0.0541 e. The Hall–Kier alpha value is -8.46. The van der Waals surface area contributed by atoms with E-state index < -0.39 is 0 Å². The number of hydrogen-bond acceptors (Lipinski definition) is 1. The van der Waals surface area contributed by atoms with Crippen LogP contribution in [0.5, 0.6) is 0 Å². The number of rotatable bonds is 8. The molecule has 12 aromatic rings. The highest BCUT2D eigenvalue weighted by molar-refractivity contribution is 6.10. The number of nitrogens with zero attached hydrogens (tertiary/aromatic N) is 2. The van der Waals surface area contributed by atoms with Crippen LogP contribution < -0.4 is 4.90 Å². The van der Waals surface area contributed by atoms with E-state index in [4.69, 9.17) is 0 Å². The normalized spacial score (nSPS) is 11.4. The van der Waals surface area contributed by atoms with Gasteiger partial charge in [0.2, 0.25) is 0 Å². The lowest BCUT2D eigenvalue weighted by Crippen LogP contribution is -2.10. The third-order valence-corrected chi connectivity index (χ3v) is 12.8. The van der Waals surface area contributed by atoms with Gasteiger partial charge in [-0.1, -0.05) is 200 Å². The molecule has 0 bridgehead atoms. The van der Waals surface area contributed by atoms with Gasteiger partial charge in [-0.15, -0.1) is 0 Å². The van der Waals surface area contributed by atoms with Crippen molar-refractivity contribution in [3.8, 4) is 50.2 Å². The summed E-state index contributed by atoms with van der Waals surface area (Å²) in [5, 5.41) is 7.44. The lowest BCUT2D eigenvalue weighted by molar-refractivity contribution is 1.18. The molecule has 0 fully saturated rings. The SMILES string of the molecule is c1ccc(-c2ccc(N(c3ccc(-c4ccc(-c5ccccc5-n5c6ccccc6c6ccccc65)cc4)cc3)c3ccc(-c4ccc5ccccc5c4)cc3)c3ccccc23)cc1. The van der Waals surface area contributed by atoms with E-state index in [-0.39, 0.29) is 0 Å². The van der Waals surface area contributed by atoms with Gasteiger partial charge >= 0.3 is 0 Å². The second-order valence-electron chi connectivity index (χ2n) is 16.5. The van der Waals surface area contributed by atoms with Crippen LogP contribution in [0.4, 0.5) is 17.1 Å². The maximum atomic E-state index is 2.41. The number of aromatic nitrogens is 1. The first-order valence-corrected chi connectivity index (χ1v) is 22.0. The van der Waals surface area contributed by atoms with Crippen LogP contribution in [-0.2, 0) is 0 Å². The van der Waals surface area contributed by atoms with Gasteiger partial charge in [0.25, 0.3) is 0 Å². The highest BCUT2D eigenvalue weighted by Gasteiger charge is 2.19. The fourth-order valence-corrected chi connectivity index (χ4v) is 9.69. The van der Waals surface area contributed by atoms with Crippen molar-refractivity contribution in [2.45, 2.75) is 0 Å². The van der Waals surface area contributed by atoms with Crippen molar-refractivity contribution in [1.82, 2.24) is 4.57 Å². The molecule has 12 rings (SSSR count). The van der Waals surface area contributed by atoms with Crippen molar-refractivity contribution < 1.29 is 0 Å². The number of fused-ring (bicyclic) bond motifs is 5. The summed E-state index contributed by atoms with van der Waals surface area (Å²) < 4.78 is 2.41. The second-order valence-corrected chi connectivity index (χ2v) is 16.5. The average molecular weight is 815 g/mol. The predicted octanol–water partition coefficient (Wildman–Crippen LogP) is 17.2. The van der Waals surface area contributed by atoms with Crippen molar-refractivity contribution in [2.24, 2.45) is 0 Å². The number of hydrogen-bond donors (Lipinski definition) is 0. The Labute approximate surface area is 373 Å². The monoisotopic (exact) mass is 814 g/mol. The van der Waals surface area contributed by atoms with Crippen molar-refractivity contribution in [2.75, 3.05) is 4.90 Å². The van der Waals surface area contributed by atoms with E-state index in [2.05, 4.69) is 264 Å². The topological polar surface area (TPSA) is 8.17 Å². The molecule has 1 aromatic heterocycles. The van der Waals surface area contributed by atoms with Gasteiger partial charge in [-0.2, -0.15) is 0 Å². The molecule has 2 heteroatoms. The minimum atomic E-state index is 1.09. The summed E-state index contributed by atoms with van der Waals surface area (Å²) in [5.74, 6) is 0. The van der Waals surface area contributed by atoms with Crippen LogP contribution in [0.1, 0.15) is 0 Å². The quantitative estimate of drug-likeness (QED) is 0.148. The Morgan fingerprint density at radius 2 is 0.734 bits per heavy atom. The minimum absolute atomic E-state index is 1.09. The van der Waals surface area contributed by atoms with Gasteiger partial charge in [-0.25, -0.2) is 0 Å². The molecule has 0 radical (unpaired) electrons. The lowest BCUT2D eigenvalue weighted by atomic mass is 9.96. The molecule has 0 aliphatic rings. The minimum Gasteiger partial charge on any atom is -0.310 e. The molecule has 0 unspecified atom stereocenters. The summed E-state index contributed by atoms with van der Waals surface area (Å²) in [4.78, 5) is 2.40. The van der Waals surface area contributed by atoms with Gasteiger partial charge in [0.15, 0.2) is 0 Å². The molecular formula is C62H42N2. The summed E-state index contributed by atoms with van der Waals surface area (Å²) in [6, 6.07) is 92.6. The summed E-state index contributed by atoms with van der Waals surface area (Å²) in [6.45, 7) is 0. The van der Waals surface area contributed by atoms with E-state index >= 15 is 0 Å². The summed E-state index contributed by atoms with van der Waals surface area (Å²) in [6.07, 6.45) is 0. The maximum Gasteiger partial charge on any atom is 0.0541 e. The lowest BCUT2D eigenvalue weighted by Gasteiger charge is -2.28. The Morgan fingerprint density at radius 3 is 1.41 bits per heavy atom. The van der Waals surface area contributed by atoms with Crippen molar-refractivity contribution in [1.29, 1.82) is 0 Å². The Bertz CT molecular complexity index is 3580. The van der Waals surface area contributed by atoms with E-state index in [0.29, 0.717) is 0 Å². The molecule has 0 aliphatic heterocycles. The maximum absolute atomic E-state index is 2.41. The largest absolute Gasteiger partial charge is 0.310 e. The van der Waals surface area contributed by atoms with Crippen LogP contribution in [0.25, 0.3) is 93.5 Å². The van der Waals surface area contributed by atoms with Gasteiger partial charge in [-0.05, 0) is 110 Å². The third kappa shape index (κ3) is 6.52. The molecule has 0 saturated heterocycles. The van der Waals surface area contributed by atoms with Crippen LogP contribution >= 0.6 is 0 Å². The first-order chi connectivity index (χ1) is 31.7. The van der Waals surface area contributed by atoms with Gasteiger partial charge < -0.3 is 9.47 Å². The van der Waals surface area contributed by atoms with Crippen LogP contribution in [0.2, 0.25) is 0 Å². The molecule has 300 valence electrons. The first kappa shape index (κ1) is 37.3. The van der Waals surface area contributed by atoms with Crippen LogP contribution in [0, 0.1) is 0 Å². The molecule has 11 aromatic carbocycles. The van der Waals surface area contributed by atoms with E-state index in [1.807, 2.05) is 0 Å². The standard InChI is InChI=1S/C62H42N2/c1-2-15-47(16-3-1)53-40-41-62(56-20-7-6-19-55(53)56)63(52-38-34-46(35-39-52)50-31-28-43-14-4-5-17-49(43)42-50)51-36-32-45(33-37-51)44-26-29-48(30-27-44)54-18-8-11-23-59(54)64-60-24-12-9-21-57(60)58-22-10-13-25-61(58)64/h1-42H. The van der Waals surface area contributed by atoms with Crippen molar-refractivity contribution >= 4 is 60.4 Å². The van der Waals surface area contributed by atoms with Gasteiger partial charge in [0.1, 0.15) is 0 Å². The molecule has 0 amide bonds. The molecule has 0 saturated carbocycles. The summed E-state index contributed by atoms with van der Waals surface area (Å²) in [5.41, 5.74) is 16.5. The number of benzene rings is 11. The number of para-hydroxylation sites is 3. The van der Waals surface area contributed by atoms with Gasteiger partial charge in [-0.3, -0.25) is 0 Å². The van der Waals surface area contributed by atoms with E-state index in [1.54, 1.807) is 0 Å². The first-order valence-electron chi connectivity index (χ1n) is 22.0. The third-order valence-electron chi connectivity index (χ3n) is 12.8. The Balaban J connectivity index is 0.918. The second kappa shape index (κ2) is 15.8. The molecule has 0 aliphatic carbocycles. The van der Waals surface area contributed by atoms with E-state index in [0.717, 1.165) is 17.1 Å². The van der Waals surface area contributed by atoms with Crippen molar-refractivity contribution in [3.05, 3.63) is 255 Å². The van der Waals surface area contributed by atoms with E-state index in [1.165, 1.54) is 93.5 Å². The highest BCUT2D eigenvalue weighted by Crippen LogP contribution is 2.43. The summed E-state index contributed by atoms with van der Waals surface area (Å²) >= 11 is 0. The van der Waals surface area contributed by atoms with Crippen LogP contribution in [0.3, 0.4) is 0 Å².